The third-order valence-electron chi connectivity index (χ3n) is 2.40. The van der Waals surface area contributed by atoms with Crippen LogP contribution in [0.2, 0.25) is 0 Å². The number of aryl methyl sites for hydroxylation is 1. The van der Waals surface area contributed by atoms with Crippen LogP contribution in [0.25, 0.3) is 0 Å². The highest BCUT2D eigenvalue weighted by atomic mass is 32.2. The van der Waals surface area contributed by atoms with E-state index in [9.17, 15) is 18.0 Å². The Labute approximate surface area is 103 Å². The second kappa shape index (κ2) is 4.75. The normalized spacial score (nSPS) is 11.5. The lowest BCUT2D eigenvalue weighted by molar-refractivity contribution is 0.496. The molecular weight excluding hydrogens is 260 g/mol. The smallest absolute Gasteiger partial charge is 0.302 e. The SMILES string of the molecule is CN(CC#N)S(=O)(=O)c1cn(C)c(=O)n(C)c1=O. The van der Waals surface area contributed by atoms with Crippen LogP contribution in [0.4, 0.5) is 0 Å². The fourth-order valence-electron chi connectivity index (χ4n) is 1.30. The molecule has 0 N–H and O–H groups in total. The summed E-state index contributed by atoms with van der Waals surface area (Å²) in [5.74, 6) is 0. The first-order valence-electron chi connectivity index (χ1n) is 4.83. The van der Waals surface area contributed by atoms with E-state index in [4.69, 9.17) is 5.26 Å². The zero-order chi connectivity index (χ0) is 14.1. The molecule has 0 saturated heterocycles. The van der Waals surface area contributed by atoms with Gasteiger partial charge in [-0.3, -0.25) is 9.36 Å². The Hall–Kier alpha value is -1.92. The van der Waals surface area contributed by atoms with Crippen molar-refractivity contribution in [2.45, 2.75) is 4.90 Å². The lowest BCUT2D eigenvalue weighted by Gasteiger charge is -2.14. The first kappa shape index (κ1) is 14.1. The number of nitriles is 1. The predicted octanol–water partition coefficient (Wildman–Crippen LogP) is -1.77. The molecule has 0 bridgehead atoms. The number of sulfonamides is 1. The van der Waals surface area contributed by atoms with E-state index in [0.29, 0.717) is 4.57 Å². The van der Waals surface area contributed by atoms with Gasteiger partial charge < -0.3 is 4.57 Å². The van der Waals surface area contributed by atoms with Crippen LogP contribution in [0.3, 0.4) is 0 Å². The molecule has 0 atom stereocenters. The van der Waals surface area contributed by atoms with Crippen molar-refractivity contribution < 1.29 is 8.42 Å². The maximum atomic E-state index is 12.0. The molecular formula is C9H12N4O4S. The van der Waals surface area contributed by atoms with Crippen LogP contribution in [0.15, 0.2) is 20.7 Å². The van der Waals surface area contributed by atoms with E-state index in [1.807, 2.05) is 0 Å². The average Bonchev–Trinajstić information content (AvgIpc) is 2.31. The van der Waals surface area contributed by atoms with Crippen LogP contribution >= 0.6 is 0 Å². The van der Waals surface area contributed by atoms with E-state index in [-0.39, 0.29) is 6.54 Å². The number of aromatic nitrogens is 2. The van der Waals surface area contributed by atoms with Crippen molar-refractivity contribution in [3.8, 4) is 6.07 Å². The highest BCUT2D eigenvalue weighted by Gasteiger charge is 2.25. The molecule has 0 unspecified atom stereocenters. The van der Waals surface area contributed by atoms with Gasteiger partial charge in [0.15, 0.2) is 4.90 Å². The molecule has 98 valence electrons. The van der Waals surface area contributed by atoms with Gasteiger partial charge in [-0.25, -0.2) is 13.2 Å². The second-order valence-corrected chi connectivity index (χ2v) is 5.68. The van der Waals surface area contributed by atoms with E-state index in [0.717, 1.165) is 15.1 Å². The lowest BCUT2D eigenvalue weighted by atomic mass is 10.6. The summed E-state index contributed by atoms with van der Waals surface area (Å²) in [7, 11) is -0.365. The van der Waals surface area contributed by atoms with Crippen molar-refractivity contribution in [1.82, 2.24) is 13.4 Å². The van der Waals surface area contributed by atoms with Gasteiger partial charge in [-0.2, -0.15) is 9.57 Å². The van der Waals surface area contributed by atoms with Gasteiger partial charge in [-0.15, -0.1) is 0 Å². The van der Waals surface area contributed by atoms with E-state index >= 15 is 0 Å². The molecule has 1 heterocycles. The number of hydrogen-bond acceptors (Lipinski definition) is 5. The van der Waals surface area contributed by atoms with Crippen LogP contribution in [-0.4, -0.2) is 35.4 Å². The van der Waals surface area contributed by atoms with Gasteiger partial charge in [0.25, 0.3) is 15.6 Å². The summed E-state index contributed by atoms with van der Waals surface area (Å²) in [5.41, 5.74) is -1.54. The van der Waals surface area contributed by atoms with Gasteiger partial charge in [0, 0.05) is 27.3 Å². The van der Waals surface area contributed by atoms with Gasteiger partial charge in [-0.1, -0.05) is 0 Å². The minimum Gasteiger partial charge on any atom is -0.302 e. The third kappa shape index (κ3) is 2.20. The Morgan fingerprint density at radius 1 is 1.39 bits per heavy atom. The summed E-state index contributed by atoms with van der Waals surface area (Å²) in [6.07, 6.45) is 0.952. The quantitative estimate of drug-likeness (QED) is 0.605. The van der Waals surface area contributed by atoms with Crippen molar-refractivity contribution >= 4 is 10.0 Å². The molecule has 0 radical (unpaired) electrons. The van der Waals surface area contributed by atoms with E-state index in [2.05, 4.69) is 0 Å². The monoisotopic (exact) mass is 272 g/mol. The molecule has 18 heavy (non-hydrogen) atoms. The maximum Gasteiger partial charge on any atom is 0.330 e. The first-order chi connectivity index (χ1) is 8.23. The Morgan fingerprint density at radius 2 is 1.94 bits per heavy atom. The summed E-state index contributed by atoms with van der Waals surface area (Å²) in [5, 5.41) is 8.47. The number of rotatable bonds is 3. The molecule has 0 fully saturated rings. The Kier molecular flexibility index (Phi) is 3.73. The van der Waals surface area contributed by atoms with Gasteiger partial charge in [0.2, 0.25) is 0 Å². The second-order valence-electron chi connectivity index (χ2n) is 3.67. The first-order valence-corrected chi connectivity index (χ1v) is 6.27. The molecule has 1 aromatic heterocycles. The van der Waals surface area contributed by atoms with Crippen LogP contribution in [0.1, 0.15) is 0 Å². The molecule has 0 aliphatic rings. The van der Waals surface area contributed by atoms with Crippen molar-refractivity contribution in [3.05, 3.63) is 27.0 Å². The lowest BCUT2D eigenvalue weighted by Crippen LogP contribution is -2.41. The highest BCUT2D eigenvalue weighted by Crippen LogP contribution is 2.07. The minimum absolute atomic E-state index is 0.381. The topological polar surface area (TPSA) is 105 Å². The van der Waals surface area contributed by atoms with E-state index in [1.54, 1.807) is 6.07 Å². The minimum atomic E-state index is -4.08. The van der Waals surface area contributed by atoms with Crippen LogP contribution < -0.4 is 11.2 Å². The largest absolute Gasteiger partial charge is 0.330 e. The predicted molar refractivity (Wildman–Crippen MR) is 62.4 cm³/mol. The van der Waals surface area contributed by atoms with E-state index in [1.165, 1.54) is 21.1 Å². The van der Waals surface area contributed by atoms with Crippen molar-refractivity contribution in [3.63, 3.8) is 0 Å². The molecule has 0 spiro atoms. The summed E-state index contributed by atoms with van der Waals surface area (Å²) in [4.78, 5) is 22.7. The highest BCUT2D eigenvalue weighted by molar-refractivity contribution is 7.89. The van der Waals surface area contributed by atoms with Crippen LogP contribution in [-0.2, 0) is 24.1 Å². The van der Waals surface area contributed by atoms with Gasteiger partial charge in [-0.05, 0) is 0 Å². The van der Waals surface area contributed by atoms with Crippen molar-refractivity contribution in [2.24, 2.45) is 14.1 Å². The van der Waals surface area contributed by atoms with Crippen LogP contribution in [0, 0.1) is 11.3 Å². The summed E-state index contributed by atoms with van der Waals surface area (Å²) in [6.45, 7) is -0.381. The Bertz CT molecular complexity index is 722. The Morgan fingerprint density at radius 3 is 2.44 bits per heavy atom. The molecule has 0 saturated carbocycles. The summed E-state index contributed by atoms with van der Waals surface area (Å²) >= 11 is 0. The zero-order valence-corrected chi connectivity index (χ0v) is 10.9. The molecule has 9 heteroatoms. The standard InChI is InChI=1S/C9H12N4O4S/c1-11-6-7(8(14)13(3)9(11)15)18(16,17)12(2)5-4-10/h6H,5H2,1-3H3. The Balaban J connectivity index is 3.60. The van der Waals surface area contributed by atoms with Crippen molar-refractivity contribution in [2.75, 3.05) is 13.6 Å². The third-order valence-corrected chi connectivity index (χ3v) is 4.18. The van der Waals surface area contributed by atoms with E-state index < -0.39 is 26.2 Å². The van der Waals surface area contributed by atoms with Crippen LogP contribution in [0.5, 0.6) is 0 Å². The summed E-state index contributed by atoms with van der Waals surface area (Å²) < 4.78 is 26.4. The van der Waals surface area contributed by atoms with Gasteiger partial charge in [0.1, 0.15) is 6.54 Å². The molecule has 0 aliphatic carbocycles. The molecule has 0 amide bonds. The van der Waals surface area contributed by atoms with Gasteiger partial charge in [0.05, 0.1) is 6.07 Å². The molecule has 1 aromatic rings. The molecule has 8 nitrogen and oxygen atoms in total. The maximum absolute atomic E-state index is 12.0. The molecule has 1 rings (SSSR count). The fourth-order valence-corrected chi connectivity index (χ4v) is 2.52. The fraction of sp³-hybridized carbons (Fsp3) is 0.444. The molecule has 0 aliphatic heterocycles. The van der Waals surface area contributed by atoms with Crippen molar-refractivity contribution in [1.29, 1.82) is 5.26 Å². The zero-order valence-electron chi connectivity index (χ0n) is 10.1. The summed E-state index contributed by atoms with van der Waals surface area (Å²) in [6, 6.07) is 1.67. The molecule has 0 aromatic carbocycles. The average molecular weight is 272 g/mol. The number of nitrogens with zero attached hydrogens (tertiary/aromatic N) is 4. The van der Waals surface area contributed by atoms with Gasteiger partial charge >= 0.3 is 5.69 Å². The number of hydrogen-bond donors (Lipinski definition) is 0.